The molecule has 3 rings (SSSR count). The number of nitrogens with zero attached hydrogens (tertiary/aromatic N) is 4. The van der Waals surface area contributed by atoms with Crippen LogP contribution >= 0.6 is 0 Å². The van der Waals surface area contributed by atoms with E-state index in [1.54, 1.807) is 0 Å². The highest BCUT2D eigenvalue weighted by Crippen LogP contribution is 2.30. The van der Waals surface area contributed by atoms with E-state index in [2.05, 4.69) is 27.3 Å². The quantitative estimate of drug-likeness (QED) is 0.841. The number of piperidine rings is 1. The van der Waals surface area contributed by atoms with E-state index in [1.165, 1.54) is 4.57 Å². The van der Waals surface area contributed by atoms with Gasteiger partial charge < -0.3 is 9.88 Å². The van der Waals surface area contributed by atoms with Gasteiger partial charge in [0.2, 0.25) is 5.82 Å². The third kappa shape index (κ3) is 2.54. The van der Waals surface area contributed by atoms with Crippen molar-refractivity contribution in [3.8, 4) is 0 Å². The molecule has 5 nitrogen and oxygen atoms in total. The van der Waals surface area contributed by atoms with E-state index in [0.717, 1.165) is 19.5 Å². The van der Waals surface area contributed by atoms with Crippen molar-refractivity contribution in [2.75, 3.05) is 19.6 Å². The highest BCUT2D eigenvalue weighted by molar-refractivity contribution is 5.03. The van der Waals surface area contributed by atoms with Crippen molar-refractivity contribution in [3.63, 3.8) is 0 Å². The number of nitrogens with one attached hydrogen (secondary N) is 1. The number of hydrogen-bond acceptors (Lipinski definition) is 4. The summed E-state index contributed by atoms with van der Waals surface area (Å²) >= 11 is 0. The van der Waals surface area contributed by atoms with Gasteiger partial charge in [0.15, 0.2) is 0 Å². The standard InChI is InChI=1S/C12H18F3N5/c1-8-4-9(6-16-5-8)19-2-3-20-10(7-19)17-18-11(20)12(13,14)15/h8-9,16H,2-7H2,1H3. The molecule has 1 N–H and O–H groups in total. The number of halogens is 3. The minimum Gasteiger partial charge on any atom is -0.315 e. The molecule has 1 aromatic rings. The van der Waals surface area contributed by atoms with Crippen LogP contribution < -0.4 is 5.32 Å². The summed E-state index contributed by atoms with van der Waals surface area (Å²) < 4.78 is 39.5. The molecule has 0 aromatic carbocycles. The van der Waals surface area contributed by atoms with E-state index in [1.807, 2.05) is 0 Å². The van der Waals surface area contributed by atoms with Crippen LogP contribution in [0.5, 0.6) is 0 Å². The van der Waals surface area contributed by atoms with Crippen LogP contribution in [0.25, 0.3) is 0 Å². The van der Waals surface area contributed by atoms with E-state index < -0.39 is 12.0 Å². The van der Waals surface area contributed by atoms with Gasteiger partial charge in [-0.05, 0) is 18.9 Å². The molecule has 8 heteroatoms. The summed E-state index contributed by atoms with van der Waals surface area (Å²) in [5.74, 6) is 0.142. The van der Waals surface area contributed by atoms with Crippen LogP contribution in [0.3, 0.4) is 0 Å². The van der Waals surface area contributed by atoms with Gasteiger partial charge >= 0.3 is 6.18 Å². The summed E-state index contributed by atoms with van der Waals surface area (Å²) in [6.07, 6.45) is -3.35. The summed E-state index contributed by atoms with van der Waals surface area (Å²) in [7, 11) is 0. The molecule has 0 saturated carbocycles. The lowest BCUT2D eigenvalue weighted by atomic mass is 9.96. The molecule has 112 valence electrons. The van der Waals surface area contributed by atoms with Gasteiger partial charge in [-0.2, -0.15) is 13.2 Å². The van der Waals surface area contributed by atoms with Crippen LogP contribution in [0.1, 0.15) is 25.0 Å². The lowest BCUT2D eigenvalue weighted by Crippen LogP contribution is -2.51. The molecule has 0 spiro atoms. The molecule has 0 amide bonds. The predicted octanol–water partition coefficient (Wildman–Crippen LogP) is 1.11. The van der Waals surface area contributed by atoms with Gasteiger partial charge in [0.1, 0.15) is 5.82 Å². The molecule has 3 heterocycles. The molecule has 1 aromatic heterocycles. The minimum atomic E-state index is -4.42. The topological polar surface area (TPSA) is 46.0 Å². The Hall–Kier alpha value is -1.15. The van der Waals surface area contributed by atoms with E-state index in [-0.39, 0.29) is 0 Å². The van der Waals surface area contributed by atoms with Crippen LogP contribution in [0, 0.1) is 5.92 Å². The second-order valence-corrected chi connectivity index (χ2v) is 5.71. The Labute approximate surface area is 115 Å². The minimum absolute atomic E-state index is 0.308. The second kappa shape index (κ2) is 5.00. The van der Waals surface area contributed by atoms with Gasteiger partial charge in [-0.3, -0.25) is 4.90 Å². The highest BCUT2D eigenvalue weighted by Gasteiger charge is 2.40. The zero-order chi connectivity index (χ0) is 14.3. The number of alkyl halides is 3. The molecule has 0 bridgehead atoms. The molecular formula is C12H18F3N5. The van der Waals surface area contributed by atoms with E-state index in [0.29, 0.717) is 37.4 Å². The summed E-state index contributed by atoms with van der Waals surface area (Å²) in [5.41, 5.74) is 0. The summed E-state index contributed by atoms with van der Waals surface area (Å²) in [5, 5.41) is 10.4. The fourth-order valence-corrected chi connectivity index (χ4v) is 3.10. The normalized spacial score (nSPS) is 28.4. The maximum absolute atomic E-state index is 12.8. The molecule has 2 unspecified atom stereocenters. The predicted molar refractivity (Wildman–Crippen MR) is 65.9 cm³/mol. The van der Waals surface area contributed by atoms with Crippen LogP contribution in [0.2, 0.25) is 0 Å². The summed E-state index contributed by atoms with van der Waals surface area (Å²) in [6.45, 7) is 5.47. The first-order valence-corrected chi connectivity index (χ1v) is 6.89. The van der Waals surface area contributed by atoms with E-state index in [4.69, 9.17) is 0 Å². The zero-order valence-corrected chi connectivity index (χ0v) is 11.3. The lowest BCUT2D eigenvalue weighted by Gasteiger charge is -2.39. The van der Waals surface area contributed by atoms with Crippen molar-refractivity contribution in [3.05, 3.63) is 11.6 Å². The average Bonchev–Trinajstić information content (AvgIpc) is 2.81. The zero-order valence-electron chi connectivity index (χ0n) is 11.3. The number of aromatic nitrogens is 3. The molecule has 20 heavy (non-hydrogen) atoms. The fraction of sp³-hybridized carbons (Fsp3) is 0.833. The Balaban J connectivity index is 1.75. The molecule has 1 fully saturated rings. The average molecular weight is 289 g/mol. The Morgan fingerprint density at radius 2 is 2.00 bits per heavy atom. The highest BCUT2D eigenvalue weighted by atomic mass is 19.4. The number of rotatable bonds is 1. The molecule has 2 atom stereocenters. The maximum atomic E-state index is 12.8. The van der Waals surface area contributed by atoms with E-state index >= 15 is 0 Å². The van der Waals surface area contributed by atoms with Gasteiger partial charge in [0.05, 0.1) is 6.54 Å². The Morgan fingerprint density at radius 3 is 2.70 bits per heavy atom. The molecule has 0 aliphatic carbocycles. The molecule has 1 saturated heterocycles. The fourth-order valence-electron chi connectivity index (χ4n) is 3.10. The molecule has 2 aliphatic heterocycles. The summed E-state index contributed by atoms with van der Waals surface area (Å²) in [6, 6.07) is 0.374. The Bertz CT molecular complexity index is 484. The van der Waals surface area contributed by atoms with Crippen molar-refractivity contribution in [2.24, 2.45) is 5.92 Å². The number of hydrogen-bond donors (Lipinski definition) is 1. The Morgan fingerprint density at radius 1 is 1.20 bits per heavy atom. The largest absolute Gasteiger partial charge is 0.451 e. The van der Waals surface area contributed by atoms with Gasteiger partial charge in [0.25, 0.3) is 0 Å². The first kappa shape index (κ1) is 13.8. The van der Waals surface area contributed by atoms with Crippen molar-refractivity contribution in [1.82, 2.24) is 25.0 Å². The van der Waals surface area contributed by atoms with Gasteiger partial charge in [-0.15, -0.1) is 10.2 Å². The van der Waals surface area contributed by atoms with Gasteiger partial charge in [-0.1, -0.05) is 6.92 Å². The van der Waals surface area contributed by atoms with Gasteiger partial charge in [-0.25, -0.2) is 0 Å². The van der Waals surface area contributed by atoms with Crippen LogP contribution in [-0.2, 0) is 19.3 Å². The smallest absolute Gasteiger partial charge is 0.315 e. The second-order valence-electron chi connectivity index (χ2n) is 5.71. The molecule has 2 aliphatic rings. The SMILES string of the molecule is CC1CNCC(N2CCn3c(nnc3C(F)(F)F)C2)C1. The number of fused-ring (bicyclic) bond motifs is 1. The third-order valence-corrected chi connectivity index (χ3v) is 4.10. The Kier molecular flexibility index (Phi) is 3.45. The van der Waals surface area contributed by atoms with Crippen LogP contribution in [0.4, 0.5) is 13.2 Å². The van der Waals surface area contributed by atoms with Crippen molar-refractivity contribution in [2.45, 2.75) is 38.7 Å². The third-order valence-electron chi connectivity index (χ3n) is 4.10. The van der Waals surface area contributed by atoms with Crippen molar-refractivity contribution >= 4 is 0 Å². The van der Waals surface area contributed by atoms with Crippen LogP contribution in [0.15, 0.2) is 0 Å². The van der Waals surface area contributed by atoms with E-state index in [9.17, 15) is 13.2 Å². The molecular weight excluding hydrogens is 271 g/mol. The lowest BCUT2D eigenvalue weighted by molar-refractivity contribution is -0.148. The van der Waals surface area contributed by atoms with Crippen LogP contribution in [-0.4, -0.2) is 45.3 Å². The first-order chi connectivity index (χ1) is 9.45. The molecule has 0 radical (unpaired) electrons. The maximum Gasteiger partial charge on any atom is 0.451 e. The first-order valence-electron chi connectivity index (χ1n) is 6.89. The monoisotopic (exact) mass is 289 g/mol. The van der Waals surface area contributed by atoms with Gasteiger partial charge in [0, 0.05) is 25.7 Å². The van der Waals surface area contributed by atoms with Crippen molar-refractivity contribution < 1.29 is 13.2 Å². The summed E-state index contributed by atoms with van der Waals surface area (Å²) in [4.78, 5) is 2.22. The van der Waals surface area contributed by atoms with Crippen molar-refractivity contribution in [1.29, 1.82) is 0 Å².